The maximum absolute atomic E-state index is 12.4. The van der Waals surface area contributed by atoms with Gasteiger partial charge in [-0.25, -0.2) is 9.97 Å². The zero-order valence-electron chi connectivity index (χ0n) is 13.1. The van der Waals surface area contributed by atoms with Gasteiger partial charge in [0.2, 0.25) is 11.9 Å². The molecule has 22 heavy (non-hydrogen) atoms. The molecule has 2 heterocycles. The molecule has 6 heteroatoms. The van der Waals surface area contributed by atoms with E-state index in [0.29, 0.717) is 25.0 Å². The van der Waals surface area contributed by atoms with Crippen LogP contribution >= 0.6 is 0 Å². The molecule has 0 saturated carbocycles. The van der Waals surface area contributed by atoms with Gasteiger partial charge >= 0.3 is 0 Å². The standard InChI is InChI=1S/C16H23N5O/c1-13(2)12-14(21-10-3-4-11-21)15(22)17-8-9-20-16-18-6-5-7-19-16/h3-7,10-11,13-14H,8-9,12H2,1-2H3,(H,17,22)(H,18,19,20)/t14-/m0/s1. The van der Waals surface area contributed by atoms with Crippen LogP contribution in [0.3, 0.4) is 0 Å². The van der Waals surface area contributed by atoms with Crippen molar-refractivity contribution in [2.45, 2.75) is 26.3 Å². The molecule has 1 atom stereocenters. The van der Waals surface area contributed by atoms with Crippen molar-refractivity contribution < 1.29 is 4.79 Å². The summed E-state index contributed by atoms with van der Waals surface area (Å²) < 4.78 is 1.96. The van der Waals surface area contributed by atoms with Crippen LogP contribution in [0.2, 0.25) is 0 Å². The van der Waals surface area contributed by atoms with Crippen molar-refractivity contribution in [2.24, 2.45) is 5.92 Å². The fraction of sp³-hybridized carbons (Fsp3) is 0.438. The number of amides is 1. The second-order valence-electron chi connectivity index (χ2n) is 5.57. The minimum atomic E-state index is -0.164. The Labute approximate surface area is 131 Å². The summed E-state index contributed by atoms with van der Waals surface area (Å²) in [5, 5.41) is 6.04. The zero-order valence-corrected chi connectivity index (χ0v) is 13.1. The van der Waals surface area contributed by atoms with Gasteiger partial charge in [-0.05, 0) is 30.5 Å². The fourth-order valence-electron chi connectivity index (χ4n) is 2.23. The average Bonchev–Trinajstić information content (AvgIpc) is 3.04. The fourth-order valence-corrected chi connectivity index (χ4v) is 2.23. The van der Waals surface area contributed by atoms with E-state index in [2.05, 4.69) is 34.4 Å². The largest absolute Gasteiger partial charge is 0.353 e. The maximum atomic E-state index is 12.4. The summed E-state index contributed by atoms with van der Waals surface area (Å²) in [6.45, 7) is 5.37. The van der Waals surface area contributed by atoms with Crippen molar-refractivity contribution >= 4 is 11.9 Å². The Balaban J connectivity index is 1.81. The number of anilines is 1. The normalized spacial score (nSPS) is 12.1. The Hall–Kier alpha value is -2.37. The monoisotopic (exact) mass is 301 g/mol. The van der Waals surface area contributed by atoms with E-state index < -0.39 is 0 Å². The lowest BCUT2D eigenvalue weighted by molar-refractivity contribution is -0.124. The molecule has 2 rings (SSSR count). The van der Waals surface area contributed by atoms with Gasteiger partial charge in [0.05, 0.1) is 0 Å². The molecule has 0 aromatic carbocycles. The highest BCUT2D eigenvalue weighted by molar-refractivity contribution is 5.80. The number of aromatic nitrogens is 3. The van der Waals surface area contributed by atoms with E-state index in [-0.39, 0.29) is 11.9 Å². The predicted octanol–water partition coefficient (Wildman–Crippen LogP) is 2.09. The Bertz CT molecular complexity index is 553. The highest BCUT2D eigenvalue weighted by atomic mass is 16.2. The second kappa shape index (κ2) is 8.17. The number of carbonyl (C=O) groups is 1. The number of nitrogens with zero attached hydrogens (tertiary/aromatic N) is 3. The third-order valence-electron chi connectivity index (χ3n) is 3.26. The molecule has 2 N–H and O–H groups in total. The average molecular weight is 301 g/mol. The van der Waals surface area contributed by atoms with Crippen molar-refractivity contribution in [1.82, 2.24) is 19.9 Å². The van der Waals surface area contributed by atoms with E-state index >= 15 is 0 Å². The van der Waals surface area contributed by atoms with E-state index in [9.17, 15) is 4.79 Å². The van der Waals surface area contributed by atoms with Crippen molar-refractivity contribution in [2.75, 3.05) is 18.4 Å². The van der Waals surface area contributed by atoms with Gasteiger partial charge in [-0.15, -0.1) is 0 Å². The lowest BCUT2D eigenvalue weighted by Crippen LogP contribution is -2.35. The van der Waals surface area contributed by atoms with Crippen LogP contribution in [0.15, 0.2) is 43.0 Å². The van der Waals surface area contributed by atoms with Gasteiger partial charge in [0.1, 0.15) is 6.04 Å². The second-order valence-corrected chi connectivity index (χ2v) is 5.57. The quantitative estimate of drug-likeness (QED) is 0.732. The number of hydrogen-bond acceptors (Lipinski definition) is 4. The van der Waals surface area contributed by atoms with Crippen LogP contribution in [-0.4, -0.2) is 33.5 Å². The molecular weight excluding hydrogens is 278 g/mol. The van der Waals surface area contributed by atoms with Crippen LogP contribution in [0.5, 0.6) is 0 Å². The van der Waals surface area contributed by atoms with Gasteiger partial charge < -0.3 is 15.2 Å². The number of rotatable bonds is 8. The van der Waals surface area contributed by atoms with Crippen LogP contribution < -0.4 is 10.6 Å². The Morgan fingerprint density at radius 2 is 1.82 bits per heavy atom. The third-order valence-corrected chi connectivity index (χ3v) is 3.26. The third kappa shape index (κ3) is 4.87. The van der Waals surface area contributed by atoms with Crippen LogP contribution in [0.25, 0.3) is 0 Å². The van der Waals surface area contributed by atoms with Gasteiger partial charge in [-0.2, -0.15) is 0 Å². The molecule has 0 saturated heterocycles. The molecular formula is C16H23N5O. The zero-order chi connectivity index (χ0) is 15.8. The highest BCUT2D eigenvalue weighted by Gasteiger charge is 2.20. The minimum Gasteiger partial charge on any atom is -0.353 e. The van der Waals surface area contributed by atoms with Crippen molar-refractivity contribution in [3.8, 4) is 0 Å². The Kier molecular flexibility index (Phi) is 5.94. The molecule has 0 fully saturated rings. The Morgan fingerprint density at radius 3 is 2.45 bits per heavy atom. The molecule has 0 unspecified atom stereocenters. The van der Waals surface area contributed by atoms with Gasteiger partial charge in [0, 0.05) is 37.9 Å². The van der Waals surface area contributed by atoms with E-state index in [4.69, 9.17) is 0 Å². The molecule has 0 aliphatic heterocycles. The van der Waals surface area contributed by atoms with Gasteiger partial charge in [0.25, 0.3) is 0 Å². The number of nitrogens with one attached hydrogen (secondary N) is 2. The molecule has 0 bridgehead atoms. The van der Waals surface area contributed by atoms with Crippen LogP contribution in [-0.2, 0) is 4.79 Å². The lowest BCUT2D eigenvalue weighted by Gasteiger charge is -2.20. The smallest absolute Gasteiger partial charge is 0.243 e. The van der Waals surface area contributed by atoms with E-state index in [1.165, 1.54) is 0 Å². The number of carbonyl (C=O) groups excluding carboxylic acids is 1. The van der Waals surface area contributed by atoms with Gasteiger partial charge in [-0.1, -0.05) is 13.8 Å². The molecule has 1 amide bonds. The predicted molar refractivity (Wildman–Crippen MR) is 86.5 cm³/mol. The van der Waals surface area contributed by atoms with Crippen LogP contribution in [0.1, 0.15) is 26.3 Å². The molecule has 2 aromatic heterocycles. The summed E-state index contributed by atoms with van der Waals surface area (Å²) in [5.41, 5.74) is 0. The molecule has 2 aromatic rings. The van der Waals surface area contributed by atoms with Crippen LogP contribution in [0.4, 0.5) is 5.95 Å². The molecule has 118 valence electrons. The SMILES string of the molecule is CC(C)C[C@@H](C(=O)NCCNc1ncccn1)n1cccc1. The first-order valence-electron chi connectivity index (χ1n) is 7.58. The minimum absolute atomic E-state index is 0.0423. The number of hydrogen-bond donors (Lipinski definition) is 2. The summed E-state index contributed by atoms with van der Waals surface area (Å²) in [4.78, 5) is 20.5. The van der Waals surface area contributed by atoms with Gasteiger partial charge in [0.15, 0.2) is 0 Å². The van der Waals surface area contributed by atoms with Crippen molar-refractivity contribution in [1.29, 1.82) is 0 Å². The molecule has 0 spiro atoms. The lowest BCUT2D eigenvalue weighted by atomic mass is 10.0. The van der Waals surface area contributed by atoms with E-state index in [1.807, 2.05) is 29.1 Å². The van der Waals surface area contributed by atoms with Crippen LogP contribution in [0, 0.1) is 5.92 Å². The summed E-state index contributed by atoms with van der Waals surface area (Å²) >= 11 is 0. The summed E-state index contributed by atoms with van der Waals surface area (Å²) in [6.07, 6.45) is 8.04. The van der Waals surface area contributed by atoms with Crippen molar-refractivity contribution in [3.05, 3.63) is 43.0 Å². The Morgan fingerprint density at radius 1 is 1.14 bits per heavy atom. The summed E-state index contributed by atoms with van der Waals surface area (Å²) in [6, 6.07) is 5.48. The molecule has 0 aliphatic rings. The highest BCUT2D eigenvalue weighted by Crippen LogP contribution is 2.17. The topological polar surface area (TPSA) is 71.8 Å². The molecule has 0 radical (unpaired) electrons. The molecule has 6 nitrogen and oxygen atoms in total. The first-order valence-corrected chi connectivity index (χ1v) is 7.58. The first-order chi connectivity index (χ1) is 10.7. The van der Waals surface area contributed by atoms with E-state index in [0.717, 1.165) is 6.42 Å². The van der Waals surface area contributed by atoms with Gasteiger partial charge in [-0.3, -0.25) is 4.79 Å². The summed E-state index contributed by atoms with van der Waals surface area (Å²) in [5.74, 6) is 1.07. The summed E-state index contributed by atoms with van der Waals surface area (Å²) in [7, 11) is 0. The van der Waals surface area contributed by atoms with E-state index in [1.54, 1.807) is 18.5 Å². The maximum Gasteiger partial charge on any atom is 0.243 e. The molecule has 0 aliphatic carbocycles. The first kappa shape index (κ1) is 16.0. The van der Waals surface area contributed by atoms with Crippen molar-refractivity contribution in [3.63, 3.8) is 0 Å².